The molecule has 8 aliphatic rings. The summed E-state index contributed by atoms with van der Waals surface area (Å²) >= 11 is 0. The lowest BCUT2D eigenvalue weighted by atomic mass is 9.59. The maximum absolute atomic E-state index is 11.8. The van der Waals surface area contributed by atoms with Gasteiger partial charge in [-0.1, -0.05) is 210 Å². The van der Waals surface area contributed by atoms with Crippen LogP contribution in [0.1, 0.15) is 152 Å². The second kappa shape index (κ2) is 14.7. The van der Waals surface area contributed by atoms with Gasteiger partial charge in [-0.15, -0.1) is 0 Å². The molecule has 0 fully saturated rings. The number of fused-ring (bicyclic) bond motifs is 12. The van der Waals surface area contributed by atoms with E-state index in [2.05, 4.69) is 244 Å². The fraction of sp³-hybridized carbons (Fsp3) is 0.128. The number of hydrogen-bond acceptors (Lipinski definition) is 2. The third-order valence-electron chi connectivity index (χ3n) is 20.9. The maximum atomic E-state index is 11.8. The quantitative estimate of drug-likeness (QED) is 0.173. The third kappa shape index (κ3) is 4.97. The van der Waals surface area contributed by atoms with Gasteiger partial charge in [0.1, 0.15) is 0 Å². The van der Waals surface area contributed by atoms with E-state index in [4.69, 9.17) is 0 Å². The summed E-state index contributed by atoms with van der Waals surface area (Å²) in [6, 6.07) is 81.1. The summed E-state index contributed by atoms with van der Waals surface area (Å²) in [6.07, 6.45) is 0. The lowest BCUT2D eigenvalue weighted by Gasteiger charge is -2.43. The molecule has 0 saturated carbocycles. The van der Waals surface area contributed by atoms with E-state index < -0.39 is 0 Å². The van der Waals surface area contributed by atoms with E-state index in [0.717, 1.165) is 27.7 Å². The molecule has 3 nitrogen and oxygen atoms in total. The Labute approximate surface area is 469 Å². The third-order valence-corrected chi connectivity index (χ3v) is 20.9. The highest BCUT2D eigenvalue weighted by atomic mass is 14.9. The van der Waals surface area contributed by atoms with Crippen LogP contribution in [0.25, 0.3) is 82.6 Å². The molecule has 0 spiro atoms. The summed E-state index contributed by atoms with van der Waals surface area (Å²) in [7, 11) is 0. The number of rotatable bonds is 2. The van der Waals surface area contributed by atoms with Gasteiger partial charge < -0.3 is 4.40 Å². The van der Waals surface area contributed by atoms with Crippen molar-refractivity contribution < 1.29 is 0 Å². The molecule has 376 valence electrons. The number of nitriles is 2. The van der Waals surface area contributed by atoms with Gasteiger partial charge in [0.05, 0.1) is 39.8 Å². The monoisotopic (exact) mass is 1030 g/mol. The van der Waals surface area contributed by atoms with E-state index in [-0.39, 0.29) is 34.5 Å². The lowest BCUT2D eigenvalue weighted by Crippen LogP contribution is -2.28. The molecule has 0 atom stereocenters. The Hall–Kier alpha value is -9.80. The van der Waals surface area contributed by atoms with Crippen LogP contribution in [-0.4, -0.2) is 4.40 Å². The fourth-order valence-electron chi connectivity index (χ4n) is 18.1. The first-order valence-electron chi connectivity index (χ1n) is 28.8. The van der Waals surface area contributed by atoms with Gasteiger partial charge in [-0.3, -0.25) is 0 Å². The molecule has 0 N–H and O–H groups in total. The van der Waals surface area contributed by atoms with Crippen molar-refractivity contribution in [1.29, 1.82) is 10.5 Å². The highest BCUT2D eigenvalue weighted by Gasteiger charge is 2.49. The van der Waals surface area contributed by atoms with Gasteiger partial charge in [0.25, 0.3) is 0 Å². The first-order valence-corrected chi connectivity index (χ1v) is 28.8. The van der Waals surface area contributed by atoms with Gasteiger partial charge in [0.15, 0.2) is 0 Å². The molecule has 0 aliphatic heterocycles. The normalized spacial score (nSPS) is 18.8. The van der Waals surface area contributed by atoms with Crippen molar-refractivity contribution in [3.8, 4) is 56.6 Å². The fourth-order valence-corrected chi connectivity index (χ4v) is 18.1. The molecule has 8 aliphatic carbocycles. The number of benzene rings is 11. The summed E-state index contributed by atoms with van der Waals surface area (Å²) in [5, 5.41) is 28.5. The smallest absolute Gasteiger partial charge is 0.0995 e. The minimum absolute atomic E-state index is 0.106. The zero-order chi connectivity index (χ0) is 53.7. The molecule has 2 aromatic heterocycles. The van der Waals surface area contributed by atoms with Crippen molar-refractivity contribution in [1.82, 2.24) is 4.40 Å². The summed E-state index contributed by atoms with van der Waals surface area (Å²) in [6.45, 7) is 9.68. The molecule has 0 unspecified atom stereocenters. The Balaban J connectivity index is 1.08. The van der Waals surface area contributed by atoms with Crippen LogP contribution in [-0.2, 0) is 10.8 Å². The van der Waals surface area contributed by atoms with Crippen molar-refractivity contribution in [3.63, 3.8) is 0 Å². The number of hydrogen-bond donors (Lipinski definition) is 0. The van der Waals surface area contributed by atoms with Crippen LogP contribution in [0.15, 0.2) is 200 Å². The Morgan fingerprint density at radius 1 is 0.321 bits per heavy atom. The molecule has 0 amide bonds. The van der Waals surface area contributed by atoms with Gasteiger partial charge in [0, 0.05) is 56.0 Å². The minimum Gasteiger partial charge on any atom is -0.308 e. The van der Waals surface area contributed by atoms with Gasteiger partial charge in [-0.25, -0.2) is 0 Å². The van der Waals surface area contributed by atoms with Crippen LogP contribution in [0.2, 0.25) is 0 Å². The topological polar surface area (TPSA) is 52.0 Å². The zero-order valence-corrected chi connectivity index (χ0v) is 45.2. The molecule has 81 heavy (non-hydrogen) atoms. The number of nitrogens with zero attached hydrogens (tertiary/aromatic N) is 3. The average Bonchev–Trinajstić information content (AvgIpc) is 1.99. The van der Waals surface area contributed by atoms with E-state index in [9.17, 15) is 10.5 Å². The van der Waals surface area contributed by atoms with Crippen LogP contribution in [0, 0.1) is 22.7 Å². The standard InChI is InChI=1S/C78H49N3/c1-77(2)58-33-15-13-19-42(58)52-29-17-31-54(74(52)77)56-37-57(55-32-18-30-53-43-20-14-16-34-59(43)78(3,4)75(53)55)69-71-61(36-41(39-80)63-65-46-23-7-11-27-50(46)67(73(63)71)51-28-12-8-24-47(51)65)81-60-35-40(38-79)62-64-44-21-5-9-25-48(44)66(49-26-10-6-22-45(49)64)72(62)70(60)68(56)76(69)81/h5-37,64-67H,1-4H3. The first kappa shape index (κ1) is 44.1. The van der Waals surface area contributed by atoms with Gasteiger partial charge in [-0.05, 0) is 152 Å². The van der Waals surface area contributed by atoms with Crippen LogP contribution in [0.4, 0.5) is 0 Å². The van der Waals surface area contributed by atoms with Crippen molar-refractivity contribution in [2.75, 3.05) is 0 Å². The van der Waals surface area contributed by atoms with Gasteiger partial charge >= 0.3 is 0 Å². The van der Waals surface area contributed by atoms with E-state index in [1.54, 1.807) is 0 Å². The largest absolute Gasteiger partial charge is 0.308 e. The van der Waals surface area contributed by atoms with E-state index in [0.29, 0.717) is 11.1 Å². The molecule has 13 aromatic rings. The minimum atomic E-state index is -0.321. The van der Waals surface area contributed by atoms with Crippen LogP contribution < -0.4 is 0 Å². The molecule has 0 saturated heterocycles. The molecule has 0 radical (unpaired) electrons. The van der Waals surface area contributed by atoms with Gasteiger partial charge in [-0.2, -0.15) is 10.5 Å². The molecular weight excluding hydrogens is 979 g/mol. The Morgan fingerprint density at radius 3 is 0.963 bits per heavy atom. The summed E-state index contributed by atoms with van der Waals surface area (Å²) in [4.78, 5) is 0. The zero-order valence-electron chi connectivity index (χ0n) is 45.2. The summed E-state index contributed by atoms with van der Waals surface area (Å²) < 4.78 is 2.55. The van der Waals surface area contributed by atoms with Gasteiger partial charge in [0.2, 0.25) is 0 Å². The maximum Gasteiger partial charge on any atom is 0.0995 e. The van der Waals surface area contributed by atoms with Crippen molar-refractivity contribution in [2.24, 2.45) is 0 Å². The molecule has 11 aromatic carbocycles. The van der Waals surface area contributed by atoms with Crippen LogP contribution in [0.5, 0.6) is 0 Å². The predicted octanol–water partition coefficient (Wildman–Crippen LogP) is 18.5. The Bertz CT molecular complexity index is 4820. The molecule has 3 heteroatoms. The first-order chi connectivity index (χ1) is 39.7. The molecule has 2 heterocycles. The summed E-state index contributed by atoms with van der Waals surface area (Å²) in [5.74, 6) is -0.429. The SMILES string of the molecule is CC1(C)c2ccccc2-c2cccc(-c3cc(-c4cccc5c4C(C)(C)c4ccccc4-5)c4c5c6c(c(C#N)cc5n5c7cc(C#N)c8c(c7c3c45)C3c4ccccc4C8c4ccccc43)C3c4ccccc4C6c4ccccc43)c21. The molecule has 4 bridgehead atoms. The van der Waals surface area contributed by atoms with Crippen molar-refractivity contribution in [3.05, 3.63) is 300 Å². The number of aromatic nitrogens is 1. The van der Waals surface area contributed by atoms with Crippen molar-refractivity contribution in [2.45, 2.75) is 62.2 Å². The Kier molecular flexibility index (Phi) is 8.01. The Morgan fingerprint density at radius 2 is 0.617 bits per heavy atom. The second-order valence-corrected chi connectivity index (χ2v) is 25.0. The van der Waals surface area contributed by atoms with Crippen LogP contribution in [0.3, 0.4) is 0 Å². The second-order valence-electron chi connectivity index (χ2n) is 25.0. The average molecular weight is 1030 g/mol. The summed E-state index contributed by atoms with van der Waals surface area (Å²) in [5.41, 5.74) is 34.5. The van der Waals surface area contributed by atoms with Crippen LogP contribution >= 0.6 is 0 Å². The lowest BCUT2D eigenvalue weighted by molar-refractivity contribution is 0.662. The van der Waals surface area contributed by atoms with Crippen molar-refractivity contribution >= 4 is 38.1 Å². The molecular formula is C78H49N3. The predicted molar refractivity (Wildman–Crippen MR) is 326 cm³/mol. The molecule has 21 rings (SSSR count). The van der Waals surface area contributed by atoms with E-state index in [1.165, 1.54) is 144 Å². The van der Waals surface area contributed by atoms with E-state index >= 15 is 0 Å². The highest BCUT2D eigenvalue weighted by Crippen LogP contribution is 2.65. The highest BCUT2D eigenvalue weighted by molar-refractivity contribution is 6.33. The van der Waals surface area contributed by atoms with E-state index in [1.807, 2.05) is 0 Å².